The maximum atomic E-state index is 11.9. The van der Waals surface area contributed by atoms with Crippen molar-refractivity contribution in [3.63, 3.8) is 0 Å². The lowest BCUT2D eigenvalue weighted by molar-refractivity contribution is 0.0471. The number of carbonyl (C=O) groups excluding carboxylic acids is 1. The van der Waals surface area contributed by atoms with Crippen molar-refractivity contribution in [3.8, 4) is 0 Å². The van der Waals surface area contributed by atoms with Crippen LogP contribution in [0.5, 0.6) is 0 Å². The van der Waals surface area contributed by atoms with E-state index in [9.17, 15) is 4.79 Å². The minimum absolute atomic E-state index is 0.210. The van der Waals surface area contributed by atoms with Crippen molar-refractivity contribution in [1.29, 1.82) is 0 Å². The highest BCUT2D eigenvalue weighted by Gasteiger charge is 2.18. The Hall–Kier alpha value is -0.940. The van der Waals surface area contributed by atoms with E-state index in [2.05, 4.69) is 31.2 Å². The van der Waals surface area contributed by atoms with Crippen molar-refractivity contribution in [2.75, 3.05) is 13.2 Å². The average Bonchev–Trinajstić information content (AvgIpc) is 2.59. The Morgan fingerprint density at radius 1 is 0.963 bits per heavy atom. The predicted octanol–water partition coefficient (Wildman–Crippen LogP) is 6.46. The molecule has 1 N–H and O–H groups in total. The van der Waals surface area contributed by atoms with E-state index in [1.807, 2.05) is 20.8 Å². The summed E-state index contributed by atoms with van der Waals surface area (Å²) in [6.45, 7) is 13.1. The molecule has 0 aromatic carbocycles. The number of aliphatic imine (C=N–C) groups is 1. The summed E-state index contributed by atoms with van der Waals surface area (Å²) in [6.07, 6.45) is 12.1. The van der Waals surface area contributed by atoms with Crippen molar-refractivity contribution >= 4 is 11.8 Å². The first-order chi connectivity index (χ1) is 12.8. The van der Waals surface area contributed by atoms with Gasteiger partial charge in [-0.05, 0) is 39.5 Å². The molecule has 0 spiro atoms. The van der Waals surface area contributed by atoms with E-state index >= 15 is 0 Å². The third-order valence-electron chi connectivity index (χ3n) is 4.51. The monoisotopic (exact) mass is 384 g/mol. The lowest BCUT2D eigenvalue weighted by Crippen LogP contribution is -2.30. The first-order valence-electron chi connectivity index (χ1n) is 10.9. The van der Waals surface area contributed by atoms with Crippen LogP contribution in [0.2, 0.25) is 0 Å². The van der Waals surface area contributed by atoms with Crippen LogP contribution in [0.3, 0.4) is 0 Å². The van der Waals surface area contributed by atoms with Crippen LogP contribution in [0, 0.1) is 5.92 Å². The molecule has 0 aliphatic heterocycles. The minimum Gasteiger partial charge on any atom is -0.442 e. The summed E-state index contributed by atoms with van der Waals surface area (Å²) in [5, 5.41) is 0. The molecule has 0 aromatic heterocycles. The van der Waals surface area contributed by atoms with Crippen LogP contribution in [0.15, 0.2) is 4.99 Å². The molecule has 0 saturated heterocycles. The molecule has 0 fully saturated rings. The second kappa shape index (κ2) is 16.1. The van der Waals surface area contributed by atoms with Crippen molar-refractivity contribution < 1.29 is 14.4 Å². The highest BCUT2D eigenvalue weighted by molar-refractivity contribution is 5.96. The maximum Gasteiger partial charge on any atom is 0.434 e. The van der Waals surface area contributed by atoms with Gasteiger partial charge in [0.1, 0.15) is 5.60 Å². The topological polar surface area (TPSA) is 59.9 Å². The van der Waals surface area contributed by atoms with Gasteiger partial charge in [0, 0.05) is 5.71 Å². The molecule has 27 heavy (non-hydrogen) atoms. The summed E-state index contributed by atoms with van der Waals surface area (Å²) in [5.41, 5.74) is 3.21. The number of ether oxygens (including phenoxy) is 1. The second-order valence-electron chi connectivity index (χ2n) is 8.39. The van der Waals surface area contributed by atoms with Crippen LogP contribution in [-0.2, 0) is 9.57 Å². The SMILES string of the molecule is CCCCCCCCCCCONCC(=NC(=O)OC(C)(C)C)[C@@H](C)CC. The molecule has 0 rings (SSSR count). The number of unbranched alkanes of at least 4 members (excludes halogenated alkanes) is 8. The predicted molar refractivity (Wildman–Crippen MR) is 114 cm³/mol. The van der Waals surface area contributed by atoms with Crippen LogP contribution in [0.25, 0.3) is 0 Å². The lowest BCUT2D eigenvalue weighted by atomic mass is 10.0. The quantitative estimate of drug-likeness (QED) is 0.200. The number of hydroxylamine groups is 1. The average molecular weight is 385 g/mol. The zero-order chi connectivity index (χ0) is 20.5. The summed E-state index contributed by atoms with van der Waals surface area (Å²) < 4.78 is 5.28. The number of nitrogens with one attached hydrogen (secondary N) is 1. The van der Waals surface area contributed by atoms with Gasteiger partial charge in [-0.3, -0.25) is 0 Å². The van der Waals surface area contributed by atoms with Gasteiger partial charge in [0.05, 0.1) is 13.2 Å². The number of rotatable bonds is 15. The van der Waals surface area contributed by atoms with Gasteiger partial charge in [-0.25, -0.2) is 4.79 Å². The van der Waals surface area contributed by atoms with Crippen LogP contribution in [0.1, 0.15) is 106 Å². The van der Waals surface area contributed by atoms with E-state index in [1.54, 1.807) is 0 Å². The van der Waals surface area contributed by atoms with Gasteiger partial charge >= 0.3 is 6.09 Å². The fraction of sp³-hybridized carbons (Fsp3) is 0.909. The first-order valence-corrected chi connectivity index (χ1v) is 10.9. The molecule has 1 atom stereocenters. The van der Waals surface area contributed by atoms with Crippen molar-refractivity contribution in [2.45, 2.75) is 111 Å². The van der Waals surface area contributed by atoms with E-state index in [0.29, 0.717) is 13.2 Å². The molecule has 0 unspecified atom stereocenters. The smallest absolute Gasteiger partial charge is 0.434 e. The highest BCUT2D eigenvalue weighted by atomic mass is 16.6. The highest BCUT2D eigenvalue weighted by Crippen LogP contribution is 2.11. The standard InChI is InChI=1S/C22H44N2O3/c1-7-9-10-11-12-13-14-15-16-17-26-23-18-20(19(3)8-2)24-21(25)27-22(4,5)6/h19,23H,7-18H2,1-6H3/t19-/m0/s1. The van der Waals surface area contributed by atoms with Gasteiger partial charge in [0.25, 0.3) is 0 Å². The molecule has 0 radical (unpaired) electrons. The molecule has 0 aliphatic rings. The molecular weight excluding hydrogens is 340 g/mol. The summed E-state index contributed by atoms with van der Waals surface area (Å²) in [5.74, 6) is 0.210. The van der Waals surface area contributed by atoms with Crippen molar-refractivity contribution in [2.24, 2.45) is 10.9 Å². The molecule has 0 aliphatic carbocycles. The number of hydrogen-bond donors (Lipinski definition) is 1. The molecule has 160 valence electrons. The molecule has 5 heteroatoms. The van der Waals surface area contributed by atoms with Gasteiger partial charge < -0.3 is 9.57 Å². The molecule has 0 heterocycles. The molecule has 0 aromatic rings. The van der Waals surface area contributed by atoms with Gasteiger partial charge in [0.15, 0.2) is 0 Å². The Morgan fingerprint density at radius 2 is 1.52 bits per heavy atom. The van der Waals surface area contributed by atoms with Crippen LogP contribution < -0.4 is 5.48 Å². The van der Waals surface area contributed by atoms with Gasteiger partial charge in [-0.1, -0.05) is 72.1 Å². The molecule has 1 amide bonds. The van der Waals surface area contributed by atoms with E-state index < -0.39 is 11.7 Å². The molecule has 5 nitrogen and oxygen atoms in total. The van der Waals surface area contributed by atoms with Gasteiger partial charge in [-0.15, -0.1) is 0 Å². The summed E-state index contributed by atoms with van der Waals surface area (Å²) in [6, 6.07) is 0. The minimum atomic E-state index is -0.529. The second-order valence-corrected chi connectivity index (χ2v) is 8.39. The lowest BCUT2D eigenvalue weighted by Gasteiger charge is -2.19. The van der Waals surface area contributed by atoms with Crippen LogP contribution in [0.4, 0.5) is 4.79 Å². The zero-order valence-electron chi connectivity index (χ0n) is 18.7. The Morgan fingerprint density at radius 3 is 2.04 bits per heavy atom. The van der Waals surface area contributed by atoms with Crippen molar-refractivity contribution in [3.05, 3.63) is 0 Å². The Balaban J connectivity index is 3.90. The van der Waals surface area contributed by atoms with Gasteiger partial charge in [-0.2, -0.15) is 10.5 Å². The largest absolute Gasteiger partial charge is 0.442 e. The summed E-state index contributed by atoms with van der Waals surface area (Å²) in [4.78, 5) is 21.6. The van der Waals surface area contributed by atoms with Crippen LogP contribution >= 0.6 is 0 Å². The normalized spacial score (nSPS) is 13.6. The molecule has 0 saturated carbocycles. The Labute approximate surface area is 167 Å². The number of amides is 1. The summed E-state index contributed by atoms with van der Waals surface area (Å²) >= 11 is 0. The number of nitrogens with zero attached hydrogens (tertiary/aromatic N) is 1. The van der Waals surface area contributed by atoms with Crippen LogP contribution in [-0.4, -0.2) is 30.6 Å². The third kappa shape index (κ3) is 16.9. The van der Waals surface area contributed by atoms with E-state index in [-0.39, 0.29) is 5.92 Å². The number of carbonyl (C=O) groups is 1. The zero-order valence-corrected chi connectivity index (χ0v) is 18.7. The number of hydrogen-bond acceptors (Lipinski definition) is 4. The third-order valence-corrected chi connectivity index (χ3v) is 4.51. The van der Waals surface area contributed by atoms with E-state index in [0.717, 1.165) is 18.6 Å². The van der Waals surface area contributed by atoms with E-state index in [1.165, 1.54) is 51.4 Å². The van der Waals surface area contributed by atoms with Gasteiger partial charge in [0.2, 0.25) is 0 Å². The van der Waals surface area contributed by atoms with E-state index in [4.69, 9.17) is 9.57 Å². The fourth-order valence-electron chi connectivity index (χ4n) is 2.64. The molecular formula is C22H44N2O3. The molecule has 0 bridgehead atoms. The maximum absolute atomic E-state index is 11.9. The first kappa shape index (κ1) is 26.1. The van der Waals surface area contributed by atoms with Crippen molar-refractivity contribution in [1.82, 2.24) is 5.48 Å². The fourth-order valence-corrected chi connectivity index (χ4v) is 2.64. The summed E-state index contributed by atoms with van der Waals surface area (Å²) in [7, 11) is 0. The Kier molecular flexibility index (Phi) is 15.5. The Bertz CT molecular complexity index is 403.